The molecule has 1 aliphatic heterocycles. The first-order chi connectivity index (χ1) is 13.2. The summed E-state index contributed by atoms with van der Waals surface area (Å²) in [6.45, 7) is 0.522. The molecule has 2 aliphatic rings. The van der Waals surface area contributed by atoms with Gasteiger partial charge in [-0.3, -0.25) is 9.78 Å². The minimum absolute atomic E-state index is 0.0234. The molecule has 1 amide bonds. The zero-order chi connectivity index (χ0) is 18.4. The molecule has 5 rings (SSSR count). The summed E-state index contributed by atoms with van der Waals surface area (Å²) in [4.78, 5) is 16.8. The molecular weight excluding hydrogens is 338 g/mol. The van der Waals surface area contributed by atoms with Crippen LogP contribution in [0.4, 0.5) is 0 Å². The predicted molar refractivity (Wildman–Crippen MR) is 105 cm³/mol. The van der Waals surface area contributed by atoms with Crippen molar-refractivity contribution in [3.05, 3.63) is 59.8 Å². The molecule has 1 saturated carbocycles. The standard InChI is InChI=1S/C22H21N3O2/c23-12-17-11-19-18-5-1-14(9-13(18)2-6-21(19)27-17)20-10-15(7-8-24-20)22(26)25-16-3-4-16/h1-2,5-10,16-17H,3-4,11-12,23H2,(H,25,26). The van der Waals surface area contributed by atoms with Gasteiger partial charge in [-0.2, -0.15) is 0 Å². The van der Waals surface area contributed by atoms with Crippen molar-refractivity contribution in [1.29, 1.82) is 0 Å². The van der Waals surface area contributed by atoms with E-state index in [1.807, 2.05) is 12.1 Å². The Morgan fingerprint density at radius 1 is 1.19 bits per heavy atom. The van der Waals surface area contributed by atoms with E-state index in [1.165, 1.54) is 10.9 Å². The highest BCUT2D eigenvalue weighted by atomic mass is 16.5. The van der Waals surface area contributed by atoms with E-state index >= 15 is 0 Å². The highest BCUT2D eigenvalue weighted by Gasteiger charge is 2.25. The van der Waals surface area contributed by atoms with Crippen LogP contribution in [-0.2, 0) is 6.42 Å². The van der Waals surface area contributed by atoms with Crippen molar-refractivity contribution in [2.24, 2.45) is 5.73 Å². The Balaban J connectivity index is 1.49. The highest BCUT2D eigenvalue weighted by molar-refractivity contribution is 5.96. The van der Waals surface area contributed by atoms with E-state index in [1.54, 1.807) is 12.3 Å². The van der Waals surface area contributed by atoms with Gasteiger partial charge in [-0.15, -0.1) is 0 Å². The maximum atomic E-state index is 12.3. The van der Waals surface area contributed by atoms with Crippen LogP contribution in [0.25, 0.3) is 22.0 Å². The minimum atomic E-state index is -0.0234. The first-order valence-corrected chi connectivity index (χ1v) is 9.41. The number of aromatic nitrogens is 1. The molecule has 136 valence electrons. The third kappa shape index (κ3) is 3.04. The van der Waals surface area contributed by atoms with E-state index in [-0.39, 0.29) is 12.0 Å². The van der Waals surface area contributed by atoms with Crippen molar-refractivity contribution < 1.29 is 9.53 Å². The fourth-order valence-electron chi connectivity index (χ4n) is 3.66. The molecule has 0 bridgehead atoms. The summed E-state index contributed by atoms with van der Waals surface area (Å²) in [5.41, 5.74) is 9.44. The molecular formula is C22H21N3O2. The van der Waals surface area contributed by atoms with Crippen LogP contribution in [-0.4, -0.2) is 29.6 Å². The minimum Gasteiger partial charge on any atom is -0.488 e. The Labute approximate surface area is 157 Å². The van der Waals surface area contributed by atoms with Crippen molar-refractivity contribution in [2.45, 2.75) is 31.4 Å². The lowest BCUT2D eigenvalue weighted by atomic mass is 9.98. The van der Waals surface area contributed by atoms with Gasteiger partial charge in [-0.25, -0.2) is 0 Å². The van der Waals surface area contributed by atoms with Crippen LogP contribution in [0.15, 0.2) is 48.7 Å². The van der Waals surface area contributed by atoms with E-state index in [0.717, 1.165) is 41.7 Å². The summed E-state index contributed by atoms with van der Waals surface area (Å²) in [7, 11) is 0. The Morgan fingerprint density at radius 3 is 2.89 bits per heavy atom. The molecule has 5 nitrogen and oxygen atoms in total. The number of hydrogen-bond donors (Lipinski definition) is 2. The van der Waals surface area contributed by atoms with Gasteiger partial charge >= 0.3 is 0 Å². The number of nitrogens with one attached hydrogen (secondary N) is 1. The summed E-state index contributed by atoms with van der Waals surface area (Å²) < 4.78 is 5.88. The van der Waals surface area contributed by atoms with Gasteiger partial charge in [0.2, 0.25) is 0 Å². The molecule has 1 unspecified atom stereocenters. The lowest BCUT2D eigenvalue weighted by Gasteiger charge is -2.08. The van der Waals surface area contributed by atoms with Crippen molar-refractivity contribution in [3.8, 4) is 17.0 Å². The van der Waals surface area contributed by atoms with Crippen LogP contribution < -0.4 is 15.8 Å². The average Bonchev–Trinajstić information content (AvgIpc) is 3.41. The molecule has 1 aliphatic carbocycles. The van der Waals surface area contributed by atoms with E-state index < -0.39 is 0 Å². The van der Waals surface area contributed by atoms with Crippen LogP contribution in [0, 0.1) is 0 Å². The van der Waals surface area contributed by atoms with Crippen molar-refractivity contribution in [3.63, 3.8) is 0 Å². The molecule has 0 radical (unpaired) electrons. The smallest absolute Gasteiger partial charge is 0.251 e. The number of carbonyl (C=O) groups is 1. The number of carbonyl (C=O) groups excluding carboxylic acids is 1. The van der Waals surface area contributed by atoms with Gasteiger partial charge in [-0.05, 0) is 47.9 Å². The van der Waals surface area contributed by atoms with Gasteiger partial charge in [0.05, 0.1) is 5.69 Å². The molecule has 1 aromatic heterocycles. The van der Waals surface area contributed by atoms with Crippen LogP contribution in [0.1, 0.15) is 28.8 Å². The molecule has 2 aromatic carbocycles. The fraction of sp³-hybridized carbons (Fsp3) is 0.273. The monoisotopic (exact) mass is 359 g/mol. The summed E-state index contributed by atoms with van der Waals surface area (Å²) in [6.07, 6.45) is 4.76. The number of nitrogens with two attached hydrogens (primary N) is 1. The predicted octanol–water partition coefficient (Wildman–Crippen LogP) is 3.06. The van der Waals surface area contributed by atoms with Crippen molar-refractivity contribution >= 4 is 16.7 Å². The number of pyridine rings is 1. The quantitative estimate of drug-likeness (QED) is 0.751. The van der Waals surface area contributed by atoms with E-state index in [0.29, 0.717) is 18.2 Å². The molecule has 1 fully saturated rings. The fourth-order valence-corrected chi connectivity index (χ4v) is 3.66. The van der Waals surface area contributed by atoms with E-state index in [4.69, 9.17) is 10.5 Å². The van der Waals surface area contributed by atoms with Crippen LogP contribution >= 0.6 is 0 Å². The normalized spacial score (nSPS) is 18.2. The first kappa shape index (κ1) is 16.3. The summed E-state index contributed by atoms with van der Waals surface area (Å²) in [5, 5.41) is 5.36. The molecule has 3 N–H and O–H groups in total. The highest BCUT2D eigenvalue weighted by Crippen LogP contribution is 2.36. The Bertz CT molecular complexity index is 1040. The molecule has 0 saturated heterocycles. The number of rotatable bonds is 4. The van der Waals surface area contributed by atoms with Gasteiger partial charge in [-0.1, -0.05) is 18.2 Å². The van der Waals surface area contributed by atoms with Crippen LogP contribution in [0.5, 0.6) is 5.75 Å². The molecule has 5 heteroatoms. The second-order valence-corrected chi connectivity index (χ2v) is 7.34. The number of hydrogen-bond acceptors (Lipinski definition) is 4. The summed E-state index contributed by atoms with van der Waals surface area (Å²) in [5.74, 6) is 0.910. The topological polar surface area (TPSA) is 77.2 Å². The van der Waals surface area contributed by atoms with Crippen LogP contribution in [0.3, 0.4) is 0 Å². The molecule has 27 heavy (non-hydrogen) atoms. The zero-order valence-electron chi connectivity index (χ0n) is 14.9. The molecule has 0 spiro atoms. The third-order valence-corrected chi connectivity index (χ3v) is 5.31. The maximum absolute atomic E-state index is 12.3. The Morgan fingerprint density at radius 2 is 2.07 bits per heavy atom. The average molecular weight is 359 g/mol. The van der Waals surface area contributed by atoms with Gasteiger partial charge in [0, 0.05) is 41.9 Å². The molecule has 2 heterocycles. The van der Waals surface area contributed by atoms with E-state index in [2.05, 4.69) is 34.6 Å². The lowest BCUT2D eigenvalue weighted by molar-refractivity contribution is 0.0951. The first-order valence-electron chi connectivity index (χ1n) is 9.41. The number of fused-ring (bicyclic) bond motifs is 3. The number of ether oxygens (including phenoxy) is 1. The number of nitrogens with zero attached hydrogens (tertiary/aromatic N) is 1. The van der Waals surface area contributed by atoms with Crippen molar-refractivity contribution in [1.82, 2.24) is 10.3 Å². The van der Waals surface area contributed by atoms with Gasteiger partial charge in [0.15, 0.2) is 0 Å². The maximum Gasteiger partial charge on any atom is 0.251 e. The largest absolute Gasteiger partial charge is 0.488 e. The van der Waals surface area contributed by atoms with Crippen LogP contribution in [0.2, 0.25) is 0 Å². The number of amides is 1. The molecule has 1 atom stereocenters. The van der Waals surface area contributed by atoms with Gasteiger partial charge < -0.3 is 15.8 Å². The second kappa shape index (κ2) is 6.35. The second-order valence-electron chi connectivity index (χ2n) is 7.34. The summed E-state index contributed by atoms with van der Waals surface area (Å²) >= 11 is 0. The lowest BCUT2D eigenvalue weighted by Crippen LogP contribution is -2.25. The number of benzene rings is 2. The van der Waals surface area contributed by atoms with E-state index in [9.17, 15) is 4.79 Å². The SMILES string of the molecule is NCC1Cc2c(ccc3cc(-c4cc(C(=O)NC5CC5)ccn4)ccc23)O1. The van der Waals surface area contributed by atoms with Gasteiger partial charge in [0.1, 0.15) is 11.9 Å². The van der Waals surface area contributed by atoms with Crippen molar-refractivity contribution in [2.75, 3.05) is 6.54 Å². The summed E-state index contributed by atoms with van der Waals surface area (Å²) in [6, 6.07) is 14.4. The molecule has 3 aromatic rings. The Kier molecular flexibility index (Phi) is 3.83. The zero-order valence-corrected chi connectivity index (χ0v) is 14.9. The van der Waals surface area contributed by atoms with Gasteiger partial charge in [0.25, 0.3) is 5.91 Å². The Hall–Kier alpha value is -2.92. The third-order valence-electron chi connectivity index (χ3n) is 5.31.